The quantitative estimate of drug-likeness (QED) is 0.712. The molecule has 1 saturated heterocycles. The second-order valence-corrected chi connectivity index (χ2v) is 4.69. The predicted molar refractivity (Wildman–Crippen MR) is 57.6 cm³/mol. The van der Waals surface area contributed by atoms with E-state index in [1.807, 2.05) is 18.7 Å². The molecule has 0 bridgehead atoms. The average molecular weight is 215 g/mol. The van der Waals surface area contributed by atoms with E-state index in [4.69, 9.17) is 10.2 Å². The highest BCUT2D eigenvalue weighted by Crippen LogP contribution is 2.24. The van der Waals surface area contributed by atoms with E-state index in [0.29, 0.717) is 5.92 Å². The molecule has 0 aromatic rings. The Kier molecular flexibility index (Phi) is 4.54. The highest BCUT2D eigenvalue weighted by atomic mass is 16.4. The molecular formula is C11H21NO3. The van der Waals surface area contributed by atoms with Gasteiger partial charge in [-0.2, -0.15) is 0 Å². The number of likely N-dealkylation sites (tertiary alicyclic amines) is 1. The van der Waals surface area contributed by atoms with Crippen molar-refractivity contribution in [3.8, 4) is 0 Å². The summed E-state index contributed by atoms with van der Waals surface area (Å²) < 4.78 is 0. The van der Waals surface area contributed by atoms with Crippen LogP contribution in [0.1, 0.15) is 26.7 Å². The summed E-state index contributed by atoms with van der Waals surface area (Å²) in [5, 5.41) is 18.0. The van der Waals surface area contributed by atoms with Crippen molar-refractivity contribution in [2.75, 3.05) is 19.7 Å². The van der Waals surface area contributed by atoms with Crippen molar-refractivity contribution < 1.29 is 15.0 Å². The first-order valence-electron chi connectivity index (χ1n) is 5.64. The SMILES string of the molecule is CC(C)C(C(=O)O)N1CCC(CCO)C1. The molecule has 88 valence electrons. The third-order valence-corrected chi connectivity index (χ3v) is 3.13. The molecule has 0 spiro atoms. The second-order valence-electron chi connectivity index (χ2n) is 4.69. The first kappa shape index (κ1) is 12.5. The molecule has 1 fully saturated rings. The van der Waals surface area contributed by atoms with Crippen LogP contribution in [0, 0.1) is 11.8 Å². The Morgan fingerprint density at radius 3 is 2.67 bits per heavy atom. The predicted octanol–water partition coefficient (Wildman–Crippen LogP) is 0.800. The Labute approximate surface area is 90.9 Å². The fraction of sp³-hybridized carbons (Fsp3) is 0.909. The van der Waals surface area contributed by atoms with E-state index in [1.165, 1.54) is 0 Å². The number of carboxylic acid groups (broad SMARTS) is 1. The van der Waals surface area contributed by atoms with Crippen LogP contribution in [-0.4, -0.2) is 46.8 Å². The molecule has 0 aromatic heterocycles. The van der Waals surface area contributed by atoms with Gasteiger partial charge in [0.1, 0.15) is 6.04 Å². The van der Waals surface area contributed by atoms with E-state index < -0.39 is 5.97 Å². The summed E-state index contributed by atoms with van der Waals surface area (Å²) in [5.41, 5.74) is 0. The Bertz CT molecular complexity index is 218. The maximum atomic E-state index is 11.1. The van der Waals surface area contributed by atoms with Gasteiger partial charge in [-0.15, -0.1) is 0 Å². The molecule has 4 nitrogen and oxygen atoms in total. The van der Waals surface area contributed by atoms with Gasteiger partial charge in [0.05, 0.1) is 0 Å². The lowest BCUT2D eigenvalue weighted by Crippen LogP contribution is -2.43. The van der Waals surface area contributed by atoms with E-state index in [2.05, 4.69) is 0 Å². The number of hydrogen-bond acceptors (Lipinski definition) is 3. The average Bonchev–Trinajstić information content (AvgIpc) is 2.52. The molecule has 0 saturated carbocycles. The van der Waals surface area contributed by atoms with Gasteiger partial charge < -0.3 is 10.2 Å². The van der Waals surface area contributed by atoms with Crippen LogP contribution in [0.3, 0.4) is 0 Å². The van der Waals surface area contributed by atoms with Crippen LogP contribution in [0.5, 0.6) is 0 Å². The summed E-state index contributed by atoms with van der Waals surface area (Å²) >= 11 is 0. The maximum Gasteiger partial charge on any atom is 0.321 e. The summed E-state index contributed by atoms with van der Waals surface area (Å²) in [5.74, 6) is -0.124. The number of hydrogen-bond donors (Lipinski definition) is 2. The van der Waals surface area contributed by atoms with Crippen LogP contribution in [0.15, 0.2) is 0 Å². The molecule has 0 amide bonds. The zero-order valence-corrected chi connectivity index (χ0v) is 9.52. The van der Waals surface area contributed by atoms with E-state index in [9.17, 15) is 4.79 Å². The highest BCUT2D eigenvalue weighted by Gasteiger charge is 2.33. The van der Waals surface area contributed by atoms with Gasteiger partial charge in [0.15, 0.2) is 0 Å². The highest BCUT2D eigenvalue weighted by molar-refractivity contribution is 5.73. The molecule has 1 rings (SSSR count). The molecule has 2 atom stereocenters. The number of aliphatic hydroxyl groups is 1. The van der Waals surface area contributed by atoms with E-state index in [1.54, 1.807) is 0 Å². The largest absolute Gasteiger partial charge is 0.480 e. The number of carbonyl (C=O) groups is 1. The van der Waals surface area contributed by atoms with E-state index in [0.717, 1.165) is 25.9 Å². The molecule has 0 aliphatic carbocycles. The lowest BCUT2D eigenvalue weighted by atomic mass is 10.0. The third-order valence-electron chi connectivity index (χ3n) is 3.13. The number of aliphatic carboxylic acids is 1. The van der Waals surface area contributed by atoms with Gasteiger partial charge in [0, 0.05) is 13.2 Å². The smallest absolute Gasteiger partial charge is 0.321 e. The van der Waals surface area contributed by atoms with Crippen LogP contribution in [0.2, 0.25) is 0 Å². The summed E-state index contributed by atoms with van der Waals surface area (Å²) in [7, 11) is 0. The standard InChI is InChI=1S/C11H21NO3/c1-8(2)10(11(14)15)12-5-3-9(7-12)4-6-13/h8-10,13H,3-7H2,1-2H3,(H,14,15). The maximum absolute atomic E-state index is 11.1. The zero-order chi connectivity index (χ0) is 11.4. The van der Waals surface area contributed by atoms with Crippen molar-refractivity contribution in [3.63, 3.8) is 0 Å². The summed E-state index contributed by atoms with van der Waals surface area (Å²) in [6, 6.07) is -0.367. The Balaban J connectivity index is 2.53. The Morgan fingerprint density at radius 2 is 2.20 bits per heavy atom. The molecule has 2 N–H and O–H groups in total. The van der Waals surface area contributed by atoms with Gasteiger partial charge in [-0.3, -0.25) is 9.69 Å². The van der Waals surface area contributed by atoms with Gasteiger partial charge in [0.2, 0.25) is 0 Å². The summed E-state index contributed by atoms with van der Waals surface area (Å²) in [4.78, 5) is 13.1. The van der Waals surface area contributed by atoms with Crippen LogP contribution in [-0.2, 0) is 4.79 Å². The number of nitrogens with zero attached hydrogens (tertiary/aromatic N) is 1. The molecule has 0 aromatic carbocycles. The molecule has 15 heavy (non-hydrogen) atoms. The van der Waals surface area contributed by atoms with Gasteiger partial charge in [-0.25, -0.2) is 0 Å². The first-order valence-corrected chi connectivity index (χ1v) is 5.64. The normalized spacial score (nSPS) is 24.7. The summed E-state index contributed by atoms with van der Waals surface area (Å²) in [6.07, 6.45) is 1.80. The molecule has 0 radical (unpaired) electrons. The monoisotopic (exact) mass is 215 g/mol. The van der Waals surface area contributed by atoms with Crippen LogP contribution in [0.4, 0.5) is 0 Å². The van der Waals surface area contributed by atoms with Crippen LogP contribution < -0.4 is 0 Å². The molecule has 4 heteroatoms. The number of aliphatic hydroxyl groups excluding tert-OH is 1. The second kappa shape index (κ2) is 5.47. The van der Waals surface area contributed by atoms with Crippen molar-refractivity contribution in [3.05, 3.63) is 0 Å². The van der Waals surface area contributed by atoms with Crippen molar-refractivity contribution in [1.29, 1.82) is 0 Å². The van der Waals surface area contributed by atoms with E-state index >= 15 is 0 Å². The van der Waals surface area contributed by atoms with Crippen molar-refractivity contribution in [2.24, 2.45) is 11.8 Å². The Morgan fingerprint density at radius 1 is 1.53 bits per heavy atom. The lowest BCUT2D eigenvalue weighted by Gasteiger charge is -2.27. The van der Waals surface area contributed by atoms with Crippen LogP contribution in [0.25, 0.3) is 0 Å². The minimum atomic E-state index is -0.727. The Hall–Kier alpha value is -0.610. The van der Waals surface area contributed by atoms with E-state index in [-0.39, 0.29) is 18.6 Å². The first-order chi connectivity index (χ1) is 7.06. The molecule has 2 unspecified atom stereocenters. The van der Waals surface area contributed by atoms with Gasteiger partial charge in [-0.05, 0) is 31.2 Å². The molecule has 1 aliphatic rings. The zero-order valence-electron chi connectivity index (χ0n) is 9.52. The third kappa shape index (κ3) is 3.18. The number of carboxylic acids is 1. The van der Waals surface area contributed by atoms with Crippen LogP contribution >= 0.6 is 0 Å². The van der Waals surface area contributed by atoms with Gasteiger partial charge >= 0.3 is 5.97 Å². The minimum Gasteiger partial charge on any atom is -0.480 e. The van der Waals surface area contributed by atoms with Crippen molar-refractivity contribution >= 4 is 5.97 Å². The summed E-state index contributed by atoms with van der Waals surface area (Å²) in [6.45, 7) is 5.75. The fourth-order valence-corrected chi connectivity index (χ4v) is 2.40. The minimum absolute atomic E-state index is 0.135. The van der Waals surface area contributed by atoms with Gasteiger partial charge in [-0.1, -0.05) is 13.8 Å². The molecule has 1 aliphatic heterocycles. The van der Waals surface area contributed by atoms with Gasteiger partial charge in [0.25, 0.3) is 0 Å². The lowest BCUT2D eigenvalue weighted by molar-refractivity contribution is -0.144. The molecule has 1 heterocycles. The number of rotatable bonds is 5. The van der Waals surface area contributed by atoms with Crippen molar-refractivity contribution in [1.82, 2.24) is 4.90 Å². The topological polar surface area (TPSA) is 60.8 Å². The van der Waals surface area contributed by atoms with Crippen molar-refractivity contribution in [2.45, 2.75) is 32.7 Å². The fourth-order valence-electron chi connectivity index (χ4n) is 2.40. The molecular weight excluding hydrogens is 194 g/mol.